The number of phenols is 1. The monoisotopic (exact) mass is 419 g/mol. The molecule has 5 nitrogen and oxygen atoms in total. The minimum Gasteiger partial charge on any atom is -0.507 e. The van der Waals surface area contributed by atoms with E-state index in [0.29, 0.717) is 47.3 Å². The van der Waals surface area contributed by atoms with Crippen molar-refractivity contribution in [3.63, 3.8) is 0 Å². The Balaban J connectivity index is 2.21. The number of hydrogen-bond donors (Lipinski definition) is 2. The summed E-state index contributed by atoms with van der Waals surface area (Å²) in [4.78, 5) is 12.7. The van der Waals surface area contributed by atoms with E-state index in [0.717, 1.165) is 12.8 Å². The molecule has 2 N–H and O–H groups in total. The molecule has 2 aromatic carbocycles. The van der Waals surface area contributed by atoms with Crippen molar-refractivity contribution >= 4 is 23.2 Å². The van der Waals surface area contributed by atoms with E-state index in [1.807, 2.05) is 6.07 Å². The quantitative estimate of drug-likeness (QED) is 0.484. The molecule has 0 aliphatic carbocycles. The number of carbonyl (C=O) groups excluding carboxylic acids is 1. The number of nitrogens with one attached hydrogen (secondary N) is 1. The van der Waals surface area contributed by atoms with Gasteiger partial charge in [0.15, 0.2) is 0 Å². The third kappa shape index (κ3) is 7.50. The van der Waals surface area contributed by atoms with Crippen LogP contribution in [-0.4, -0.2) is 24.2 Å². The van der Waals surface area contributed by atoms with Crippen molar-refractivity contribution < 1.29 is 19.4 Å². The van der Waals surface area contributed by atoms with Gasteiger partial charge in [0.2, 0.25) is 0 Å². The molecule has 1 amide bonds. The Morgan fingerprint density at radius 3 is 2.31 bits per heavy atom. The first kappa shape index (κ1) is 22.9. The summed E-state index contributed by atoms with van der Waals surface area (Å²) >= 11 is 5.97. The second-order valence-corrected chi connectivity index (χ2v) is 8.27. The van der Waals surface area contributed by atoms with Crippen molar-refractivity contribution in [3.8, 4) is 17.2 Å². The van der Waals surface area contributed by atoms with Crippen LogP contribution in [0.25, 0.3) is 0 Å². The summed E-state index contributed by atoms with van der Waals surface area (Å²) in [6.45, 7) is 9.65. The van der Waals surface area contributed by atoms with Crippen LogP contribution in [0.2, 0.25) is 5.02 Å². The highest BCUT2D eigenvalue weighted by atomic mass is 35.5. The van der Waals surface area contributed by atoms with Crippen molar-refractivity contribution in [1.82, 2.24) is 0 Å². The second kappa shape index (κ2) is 11.0. The van der Waals surface area contributed by atoms with Crippen LogP contribution >= 0.6 is 11.6 Å². The maximum Gasteiger partial charge on any atom is 0.259 e. The van der Waals surface area contributed by atoms with Crippen LogP contribution in [0, 0.1) is 11.8 Å². The minimum absolute atomic E-state index is 0.0942. The zero-order valence-electron chi connectivity index (χ0n) is 17.5. The number of benzene rings is 2. The van der Waals surface area contributed by atoms with Crippen LogP contribution in [0.15, 0.2) is 36.4 Å². The number of ether oxygens (including phenoxy) is 2. The highest BCUT2D eigenvalue weighted by Gasteiger charge is 2.15. The van der Waals surface area contributed by atoms with E-state index in [4.69, 9.17) is 21.1 Å². The second-order valence-electron chi connectivity index (χ2n) is 7.84. The van der Waals surface area contributed by atoms with Crippen molar-refractivity contribution in [2.75, 3.05) is 18.5 Å². The molecule has 0 atom stereocenters. The summed E-state index contributed by atoms with van der Waals surface area (Å²) in [5, 5.41) is 13.2. The van der Waals surface area contributed by atoms with Crippen LogP contribution in [0.4, 0.5) is 5.69 Å². The zero-order valence-corrected chi connectivity index (χ0v) is 18.3. The number of carbonyl (C=O) groups is 1. The largest absolute Gasteiger partial charge is 0.507 e. The first-order valence-electron chi connectivity index (χ1n) is 9.95. The van der Waals surface area contributed by atoms with Crippen molar-refractivity contribution in [3.05, 3.63) is 47.0 Å². The van der Waals surface area contributed by atoms with Gasteiger partial charge >= 0.3 is 0 Å². The molecule has 0 fully saturated rings. The lowest BCUT2D eigenvalue weighted by Crippen LogP contribution is -2.14. The Hall–Kier alpha value is -2.40. The van der Waals surface area contributed by atoms with Crippen molar-refractivity contribution in [1.29, 1.82) is 0 Å². The van der Waals surface area contributed by atoms with Crippen LogP contribution in [0.1, 0.15) is 50.9 Å². The number of anilines is 1. The molecule has 0 heterocycles. The van der Waals surface area contributed by atoms with Crippen molar-refractivity contribution in [2.45, 2.75) is 40.5 Å². The fourth-order valence-electron chi connectivity index (χ4n) is 2.52. The van der Waals surface area contributed by atoms with Gasteiger partial charge in [-0.05, 0) is 55.0 Å². The maximum atomic E-state index is 12.7. The van der Waals surface area contributed by atoms with Crippen LogP contribution in [-0.2, 0) is 0 Å². The van der Waals surface area contributed by atoms with Gasteiger partial charge < -0.3 is 19.9 Å². The minimum atomic E-state index is -0.474. The predicted molar refractivity (Wildman–Crippen MR) is 117 cm³/mol. The first-order valence-corrected chi connectivity index (χ1v) is 10.3. The number of aromatic hydroxyl groups is 1. The topological polar surface area (TPSA) is 67.8 Å². The lowest BCUT2D eigenvalue weighted by atomic mass is 10.1. The van der Waals surface area contributed by atoms with Gasteiger partial charge in [-0.3, -0.25) is 4.79 Å². The van der Waals surface area contributed by atoms with E-state index in [2.05, 4.69) is 33.0 Å². The Kier molecular flexibility index (Phi) is 8.65. The Labute approximate surface area is 178 Å². The Morgan fingerprint density at radius 1 is 1.00 bits per heavy atom. The first-order chi connectivity index (χ1) is 13.8. The fourth-order valence-corrected chi connectivity index (χ4v) is 2.69. The molecule has 0 spiro atoms. The highest BCUT2D eigenvalue weighted by Crippen LogP contribution is 2.31. The van der Waals surface area contributed by atoms with E-state index in [9.17, 15) is 9.90 Å². The number of hydrogen-bond acceptors (Lipinski definition) is 4. The molecule has 29 heavy (non-hydrogen) atoms. The van der Waals surface area contributed by atoms with Crippen LogP contribution in [0.5, 0.6) is 17.2 Å². The molecule has 2 aromatic rings. The van der Waals surface area contributed by atoms with Gasteiger partial charge in [0.25, 0.3) is 5.91 Å². The summed E-state index contributed by atoms with van der Waals surface area (Å²) in [5.41, 5.74) is 0.580. The molecule has 0 aromatic heterocycles. The van der Waals surface area contributed by atoms with E-state index in [-0.39, 0.29) is 11.3 Å². The lowest BCUT2D eigenvalue weighted by Gasteiger charge is -2.16. The lowest BCUT2D eigenvalue weighted by molar-refractivity contribution is 0.102. The number of rotatable bonds is 10. The van der Waals surface area contributed by atoms with Crippen LogP contribution < -0.4 is 14.8 Å². The average molecular weight is 420 g/mol. The Morgan fingerprint density at radius 2 is 1.66 bits per heavy atom. The SMILES string of the molecule is CC(C)CCOc1ccc(OCCC(C)C)c(NC(=O)c2cc(Cl)ccc2O)c1. The van der Waals surface area contributed by atoms with Gasteiger partial charge in [0, 0.05) is 11.1 Å². The van der Waals surface area contributed by atoms with E-state index in [1.165, 1.54) is 18.2 Å². The average Bonchev–Trinajstić information content (AvgIpc) is 2.64. The molecule has 2 rings (SSSR count). The summed E-state index contributed by atoms with van der Waals surface area (Å²) in [7, 11) is 0. The van der Waals surface area contributed by atoms with Crippen molar-refractivity contribution in [2.24, 2.45) is 11.8 Å². The van der Waals surface area contributed by atoms with Gasteiger partial charge in [-0.25, -0.2) is 0 Å². The normalized spacial score (nSPS) is 11.0. The molecule has 158 valence electrons. The molecular weight excluding hydrogens is 390 g/mol. The number of amides is 1. The van der Waals surface area contributed by atoms with Gasteiger partial charge in [-0.1, -0.05) is 39.3 Å². The number of phenolic OH excluding ortho intramolecular Hbond substituents is 1. The smallest absolute Gasteiger partial charge is 0.259 e. The van der Waals surface area contributed by atoms with Gasteiger partial charge in [0.1, 0.15) is 17.2 Å². The van der Waals surface area contributed by atoms with E-state index < -0.39 is 5.91 Å². The zero-order chi connectivity index (χ0) is 21.4. The third-order valence-corrected chi connectivity index (χ3v) is 4.55. The van der Waals surface area contributed by atoms with Gasteiger partial charge in [-0.2, -0.15) is 0 Å². The molecule has 6 heteroatoms. The third-order valence-electron chi connectivity index (χ3n) is 4.32. The van der Waals surface area contributed by atoms with Gasteiger partial charge in [-0.15, -0.1) is 0 Å². The highest BCUT2D eigenvalue weighted by molar-refractivity contribution is 6.31. The molecular formula is C23H30ClNO4. The van der Waals surface area contributed by atoms with E-state index >= 15 is 0 Å². The number of halogens is 1. The molecule has 0 bridgehead atoms. The summed E-state index contributed by atoms with van der Waals surface area (Å²) in [6, 6.07) is 9.70. The molecule has 0 radical (unpaired) electrons. The Bertz CT molecular complexity index is 821. The van der Waals surface area contributed by atoms with E-state index in [1.54, 1.807) is 12.1 Å². The molecule has 0 saturated heterocycles. The summed E-state index contributed by atoms with van der Waals surface area (Å²) in [6.07, 6.45) is 1.83. The molecule has 0 saturated carbocycles. The maximum absolute atomic E-state index is 12.7. The molecule has 0 aliphatic rings. The predicted octanol–water partition coefficient (Wildman–Crippen LogP) is 6.15. The van der Waals surface area contributed by atoms with Crippen LogP contribution in [0.3, 0.4) is 0 Å². The molecule has 0 unspecified atom stereocenters. The fraction of sp³-hybridized carbons (Fsp3) is 0.435. The summed E-state index contributed by atoms with van der Waals surface area (Å²) in [5.74, 6) is 1.63. The standard InChI is InChI=1S/C23H30ClNO4/c1-15(2)9-11-28-18-6-8-22(29-12-10-16(3)4)20(14-18)25-23(27)19-13-17(24)5-7-21(19)26/h5-8,13-16,26H,9-12H2,1-4H3,(H,25,27). The van der Waals surface area contributed by atoms with Gasteiger partial charge in [0.05, 0.1) is 24.5 Å². The molecule has 0 aliphatic heterocycles. The summed E-state index contributed by atoms with van der Waals surface area (Å²) < 4.78 is 11.7.